The Hall–Kier alpha value is -1.82. The number of amides is 1. The molecular formula is C13H14N2O. The molecule has 0 fully saturated rings. The molecule has 0 spiro atoms. The van der Waals surface area contributed by atoms with Crippen LogP contribution in [-0.2, 0) is 11.2 Å². The van der Waals surface area contributed by atoms with Crippen molar-refractivity contribution >= 4 is 11.6 Å². The van der Waals surface area contributed by atoms with Crippen LogP contribution in [-0.4, -0.2) is 12.5 Å². The van der Waals surface area contributed by atoms with Gasteiger partial charge in [-0.05, 0) is 25.0 Å². The van der Waals surface area contributed by atoms with Crippen LogP contribution >= 0.6 is 0 Å². The van der Waals surface area contributed by atoms with Crippen molar-refractivity contribution in [2.45, 2.75) is 19.8 Å². The number of hydrogen-bond acceptors (Lipinski definition) is 2. The van der Waals surface area contributed by atoms with Crippen molar-refractivity contribution in [3.8, 4) is 6.07 Å². The second kappa shape index (κ2) is 4.36. The Balaban J connectivity index is 2.30. The third kappa shape index (κ3) is 1.92. The third-order valence-corrected chi connectivity index (χ3v) is 2.87. The van der Waals surface area contributed by atoms with Gasteiger partial charge in [0, 0.05) is 18.7 Å². The van der Waals surface area contributed by atoms with Gasteiger partial charge < -0.3 is 4.90 Å². The number of para-hydroxylation sites is 1. The highest BCUT2D eigenvalue weighted by molar-refractivity contribution is 5.96. The lowest BCUT2D eigenvalue weighted by molar-refractivity contribution is -0.119. The summed E-state index contributed by atoms with van der Waals surface area (Å²) < 4.78 is 0. The summed E-state index contributed by atoms with van der Waals surface area (Å²) >= 11 is 0. The van der Waals surface area contributed by atoms with Crippen LogP contribution in [0.2, 0.25) is 0 Å². The number of anilines is 1. The number of aryl methyl sites for hydroxylation is 1. The van der Waals surface area contributed by atoms with E-state index in [2.05, 4.69) is 6.07 Å². The highest BCUT2D eigenvalue weighted by atomic mass is 16.2. The number of hydrogen-bond donors (Lipinski definition) is 0. The van der Waals surface area contributed by atoms with Crippen LogP contribution in [0.15, 0.2) is 24.3 Å². The zero-order chi connectivity index (χ0) is 11.5. The number of carbonyl (C=O) groups is 1. The van der Waals surface area contributed by atoms with Crippen LogP contribution in [0.25, 0.3) is 0 Å². The number of nitrogens with zero attached hydrogens (tertiary/aromatic N) is 2. The minimum atomic E-state index is -0.130. The van der Waals surface area contributed by atoms with E-state index in [4.69, 9.17) is 5.26 Å². The normalized spacial score (nSPS) is 16.5. The fraction of sp³-hybridized carbons (Fsp3) is 0.385. The summed E-state index contributed by atoms with van der Waals surface area (Å²) in [5.74, 6) is -0.00379. The lowest BCUT2D eigenvalue weighted by Gasteiger charge is -2.30. The molecule has 3 nitrogen and oxygen atoms in total. The van der Waals surface area contributed by atoms with E-state index < -0.39 is 0 Å². The van der Waals surface area contributed by atoms with Crippen molar-refractivity contribution in [3.05, 3.63) is 29.8 Å². The Bertz CT molecular complexity index is 447. The van der Waals surface area contributed by atoms with Crippen molar-refractivity contribution in [2.24, 2.45) is 5.92 Å². The van der Waals surface area contributed by atoms with E-state index in [9.17, 15) is 4.79 Å². The fourth-order valence-corrected chi connectivity index (χ4v) is 2.01. The Labute approximate surface area is 95.3 Å². The van der Waals surface area contributed by atoms with E-state index in [1.807, 2.05) is 31.2 Å². The van der Waals surface area contributed by atoms with Crippen molar-refractivity contribution in [1.82, 2.24) is 0 Å². The van der Waals surface area contributed by atoms with Gasteiger partial charge in [-0.3, -0.25) is 4.79 Å². The number of fused-ring (bicyclic) bond motifs is 1. The average Bonchev–Trinajstić information content (AvgIpc) is 2.32. The van der Waals surface area contributed by atoms with E-state index in [1.54, 1.807) is 4.90 Å². The van der Waals surface area contributed by atoms with Crippen molar-refractivity contribution < 1.29 is 4.79 Å². The molecule has 0 saturated carbocycles. The van der Waals surface area contributed by atoms with Crippen LogP contribution in [0.4, 0.5) is 5.69 Å². The smallest absolute Gasteiger partial charge is 0.227 e. The molecular weight excluding hydrogens is 200 g/mol. The topological polar surface area (TPSA) is 44.1 Å². The molecule has 0 N–H and O–H groups in total. The molecule has 1 heterocycles. The molecule has 1 aromatic rings. The maximum atomic E-state index is 11.8. The van der Waals surface area contributed by atoms with Gasteiger partial charge in [0.25, 0.3) is 0 Å². The van der Waals surface area contributed by atoms with E-state index in [-0.39, 0.29) is 11.8 Å². The number of benzene rings is 1. The summed E-state index contributed by atoms with van der Waals surface area (Å²) in [7, 11) is 0. The quantitative estimate of drug-likeness (QED) is 0.757. The zero-order valence-corrected chi connectivity index (χ0v) is 9.31. The fourth-order valence-electron chi connectivity index (χ4n) is 2.01. The van der Waals surface area contributed by atoms with Crippen LogP contribution in [0.5, 0.6) is 0 Å². The largest absolute Gasteiger partial charge is 0.311 e. The summed E-state index contributed by atoms with van der Waals surface area (Å²) in [6.07, 6.45) is 1.36. The molecule has 1 aromatic carbocycles. The second-order valence-corrected chi connectivity index (χ2v) is 4.16. The molecule has 1 aliphatic heterocycles. The van der Waals surface area contributed by atoms with Gasteiger partial charge in [-0.15, -0.1) is 0 Å². The zero-order valence-electron chi connectivity index (χ0n) is 9.31. The first-order valence-corrected chi connectivity index (χ1v) is 5.50. The van der Waals surface area contributed by atoms with Crippen LogP contribution < -0.4 is 4.90 Å². The SMILES string of the molecule is CC(C#N)CN1C(=O)CCc2ccccc21. The monoisotopic (exact) mass is 214 g/mol. The summed E-state index contributed by atoms with van der Waals surface area (Å²) in [5.41, 5.74) is 2.17. The van der Waals surface area contributed by atoms with Gasteiger partial charge in [-0.1, -0.05) is 18.2 Å². The maximum Gasteiger partial charge on any atom is 0.227 e. The Morgan fingerprint density at radius 1 is 1.44 bits per heavy atom. The van der Waals surface area contributed by atoms with E-state index in [0.717, 1.165) is 12.1 Å². The van der Waals surface area contributed by atoms with Crippen LogP contribution in [0.1, 0.15) is 18.9 Å². The van der Waals surface area contributed by atoms with Gasteiger partial charge >= 0.3 is 0 Å². The molecule has 1 unspecified atom stereocenters. The van der Waals surface area contributed by atoms with Gasteiger partial charge in [0.15, 0.2) is 0 Å². The molecule has 0 saturated heterocycles. The molecule has 0 radical (unpaired) electrons. The van der Waals surface area contributed by atoms with Gasteiger partial charge in [0.2, 0.25) is 5.91 Å². The van der Waals surface area contributed by atoms with Crippen molar-refractivity contribution in [2.75, 3.05) is 11.4 Å². The predicted molar refractivity (Wildman–Crippen MR) is 61.9 cm³/mol. The molecule has 2 rings (SSSR count). The molecule has 3 heteroatoms. The molecule has 0 bridgehead atoms. The molecule has 1 amide bonds. The summed E-state index contributed by atoms with van der Waals surface area (Å²) in [6, 6.07) is 10.1. The van der Waals surface area contributed by atoms with E-state index in [0.29, 0.717) is 13.0 Å². The first-order valence-electron chi connectivity index (χ1n) is 5.50. The van der Waals surface area contributed by atoms with Gasteiger partial charge in [-0.2, -0.15) is 5.26 Å². The van der Waals surface area contributed by atoms with Crippen LogP contribution in [0.3, 0.4) is 0 Å². The number of rotatable bonds is 2. The standard InChI is InChI=1S/C13H14N2O/c1-10(8-14)9-15-12-5-3-2-4-11(12)6-7-13(15)16/h2-5,10H,6-7,9H2,1H3. The first kappa shape index (κ1) is 10.7. The second-order valence-electron chi connectivity index (χ2n) is 4.16. The maximum absolute atomic E-state index is 11.8. The average molecular weight is 214 g/mol. The van der Waals surface area contributed by atoms with Gasteiger partial charge in [0.1, 0.15) is 0 Å². The van der Waals surface area contributed by atoms with Gasteiger partial charge in [0.05, 0.1) is 12.0 Å². The predicted octanol–water partition coefficient (Wildman–Crippen LogP) is 2.13. The van der Waals surface area contributed by atoms with Gasteiger partial charge in [-0.25, -0.2) is 0 Å². The molecule has 16 heavy (non-hydrogen) atoms. The van der Waals surface area contributed by atoms with Crippen molar-refractivity contribution in [3.63, 3.8) is 0 Å². The number of carbonyl (C=O) groups excluding carboxylic acids is 1. The minimum absolute atomic E-state index is 0.126. The van der Waals surface area contributed by atoms with Crippen LogP contribution in [0, 0.1) is 17.2 Å². The minimum Gasteiger partial charge on any atom is -0.311 e. The highest BCUT2D eigenvalue weighted by Crippen LogP contribution is 2.27. The lowest BCUT2D eigenvalue weighted by atomic mass is 10.00. The third-order valence-electron chi connectivity index (χ3n) is 2.87. The van der Waals surface area contributed by atoms with E-state index >= 15 is 0 Å². The number of nitriles is 1. The van der Waals surface area contributed by atoms with Crippen molar-refractivity contribution in [1.29, 1.82) is 5.26 Å². The molecule has 0 aromatic heterocycles. The Morgan fingerprint density at radius 3 is 2.94 bits per heavy atom. The molecule has 82 valence electrons. The summed E-state index contributed by atoms with van der Waals surface area (Å²) in [4.78, 5) is 13.6. The summed E-state index contributed by atoms with van der Waals surface area (Å²) in [6.45, 7) is 2.33. The lowest BCUT2D eigenvalue weighted by Crippen LogP contribution is -2.37. The molecule has 1 atom stereocenters. The molecule has 0 aliphatic carbocycles. The summed E-state index contributed by atoms with van der Waals surface area (Å²) in [5, 5.41) is 8.81. The van der Waals surface area contributed by atoms with E-state index in [1.165, 1.54) is 5.56 Å². The Morgan fingerprint density at radius 2 is 2.19 bits per heavy atom. The first-order chi connectivity index (χ1) is 7.72. The highest BCUT2D eigenvalue weighted by Gasteiger charge is 2.24. The Kier molecular flexibility index (Phi) is 2.91. The molecule has 1 aliphatic rings.